The molecular weight excluding hydrogens is 378 g/mol. The second-order valence-corrected chi connectivity index (χ2v) is 10.2. The van der Waals surface area contributed by atoms with Crippen molar-refractivity contribution in [3.63, 3.8) is 0 Å². The van der Waals surface area contributed by atoms with Gasteiger partial charge in [-0.3, -0.25) is 4.79 Å². The number of carbonyl (C=O) groups is 1. The smallest absolute Gasteiger partial charge is 0.167 e. The summed E-state index contributed by atoms with van der Waals surface area (Å²) in [6.07, 6.45) is 3.01. The molecule has 0 spiro atoms. The lowest BCUT2D eigenvalue weighted by molar-refractivity contribution is -0.124. The number of ketones is 1. The van der Waals surface area contributed by atoms with Gasteiger partial charge in [-0.15, -0.1) is 23.1 Å². The Hall–Kier alpha value is -0.520. The number of carbonyl (C=O) groups excluding carboxylic acids is 1. The topological polar surface area (TPSA) is 29.1 Å². The summed E-state index contributed by atoms with van der Waals surface area (Å²) in [6.45, 7) is 4.18. The number of hydrogen-bond donors (Lipinski definition) is 1. The van der Waals surface area contributed by atoms with Crippen molar-refractivity contribution in [3.05, 3.63) is 42.7 Å². The van der Waals surface area contributed by atoms with Crippen LogP contribution in [0.4, 0.5) is 0 Å². The molecule has 22 heavy (non-hydrogen) atoms. The van der Waals surface area contributed by atoms with Gasteiger partial charge in [-0.25, -0.2) is 0 Å². The maximum Gasteiger partial charge on any atom is 0.167 e. The van der Waals surface area contributed by atoms with E-state index in [4.69, 9.17) is 0 Å². The van der Waals surface area contributed by atoms with Crippen molar-refractivity contribution in [2.75, 3.05) is 5.75 Å². The Morgan fingerprint density at radius 1 is 1.32 bits per heavy atom. The predicted molar refractivity (Wildman–Crippen MR) is 97.0 cm³/mol. The summed E-state index contributed by atoms with van der Waals surface area (Å²) >= 11 is 7.20. The Morgan fingerprint density at radius 2 is 2.14 bits per heavy atom. The first-order valence-corrected chi connectivity index (χ1v) is 10.3. The molecule has 0 saturated carbocycles. The number of dihydropyridines is 1. The van der Waals surface area contributed by atoms with Crippen LogP contribution >= 0.6 is 39.0 Å². The molecule has 4 rings (SSSR count). The van der Waals surface area contributed by atoms with Gasteiger partial charge in [0, 0.05) is 39.0 Å². The second-order valence-electron chi connectivity index (χ2n) is 6.79. The third kappa shape index (κ3) is 2.24. The number of nitrogens with one attached hydrogen (secondary N) is 1. The van der Waals surface area contributed by atoms with Crippen LogP contribution in [0.25, 0.3) is 0 Å². The maximum absolute atomic E-state index is 13.1. The lowest BCUT2D eigenvalue weighted by Gasteiger charge is -2.38. The molecule has 0 fully saturated rings. The van der Waals surface area contributed by atoms with Gasteiger partial charge in [0.05, 0.1) is 3.79 Å². The molecule has 1 N–H and O–H groups in total. The number of hydrogen-bond acceptors (Lipinski definition) is 4. The fourth-order valence-electron chi connectivity index (χ4n) is 3.58. The van der Waals surface area contributed by atoms with Crippen molar-refractivity contribution >= 4 is 44.8 Å². The predicted octanol–water partition coefficient (Wildman–Crippen LogP) is 5.19. The Labute approximate surface area is 147 Å². The van der Waals surface area contributed by atoms with Gasteiger partial charge in [0.1, 0.15) is 0 Å². The first-order chi connectivity index (χ1) is 10.5. The summed E-state index contributed by atoms with van der Waals surface area (Å²) in [5.41, 5.74) is 4.57. The van der Waals surface area contributed by atoms with Gasteiger partial charge in [-0.1, -0.05) is 13.8 Å². The third-order valence-corrected chi connectivity index (χ3v) is 7.59. The van der Waals surface area contributed by atoms with Crippen LogP contribution in [-0.2, 0) is 4.79 Å². The maximum atomic E-state index is 13.1. The molecule has 1 unspecified atom stereocenters. The van der Waals surface area contributed by atoms with E-state index in [1.54, 1.807) is 11.3 Å². The highest BCUT2D eigenvalue weighted by Crippen LogP contribution is 2.53. The second kappa shape index (κ2) is 5.25. The molecule has 1 atom stereocenters. The van der Waals surface area contributed by atoms with E-state index in [0.717, 1.165) is 34.4 Å². The minimum absolute atomic E-state index is 0.147. The van der Waals surface area contributed by atoms with Crippen molar-refractivity contribution in [1.82, 2.24) is 5.32 Å². The number of thiophene rings is 1. The molecule has 1 aromatic heterocycles. The number of rotatable bonds is 1. The zero-order chi connectivity index (χ0) is 15.5. The van der Waals surface area contributed by atoms with Gasteiger partial charge in [0.25, 0.3) is 0 Å². The highest BCUT2D eigenvalue weighted by atomic mass is 79.9. The van der Waals surface area contributed by atoms with Crippen LogP contribution in [-0.4, -0.2) is 11.5 Å². The molecule has 5 heteroatoms. The standard InChI is InChI=1S/C17H18BrNOS2/c1-17(2)5-3-10-14(16(17)20)13(9-7-12(18)22-8-9)15-11(19-10)4-6-21-15/h7-8,13,19H,3-6H2,1-2H3. The van der Waals surface area contributed by atoms with Crippen molar-refractivity contribution < 1.29 is 4.79 Å². The van der Waals surface area contributed by atoms with E-state index in [-0.39, 0.29) is 11.3 Å². The molecule has 116 valence electrons. The fraction of sp³-hybridized carbons (Fsp3) is 0.471. The van der Waals surface area contributed by atoms with Crippen LogP contribution in [0.2, 0.25) is 0 Å². The SMILES string of the molecule is CC1(C)CCC2=C(C1=O)C(c1csc(Br)c1)C1=C(CCS1)N2. The fourth-order valence-corrected chi connectivity index (χ4v) is 6.06. The first-order valence-electron chi connectivity index (χ1n) is 7.62. The lowest BCUT2D eigenvalue weighted by Crippen LogP contribution is -2.38. The van der Waals surface area contributed by atoms with Crippen LogP contribution in [0, 0.1) is 5.41 Å². The monoisotopic (exact) mass is 395 g/mol. The van der Waals surface area contributed by atoms with Gasteiger partial charge < -0.3 is 5.32 Å². The molecule has 0 bridgehead atoms. The van der Waals surface area contributed by atoms with E-state index in [0.29, 0.717) is 5.78 Å². The van der Waals surface area contributed by atoms with E-state index in [1.165, 1.54) is 21.9 Å². The number of halogens is 1. The molecule has 1 aliphatic carbocycles. The highest BCUT2D eigenvalue weighted by Gasteiger charge is 2.44. The van der Waals surface area contributed by atoms with E-state index >= 15 is 0 Å². The minimum atomic E-state index is -0.243. The molecule has 0 amide bonds. The van der Waals surface area contributed by atoms with Crippen molar-refractivity contribution in [2.45, 2.75) is 39.0 Å². The summed E-state index contributed by atoms with van der Waals surface area (Å²) in [5, 5.41) is 5.80. The van der Waals surface area contributed by atoms with Crippen molar-refractivity contribution in [3.8, 4) is 0 Å². The van der Waals surface area contributed by atoms with Crippen LogP contribution < -0.4 is 5.32 Å². The number of Topliss-reactive ketones (excluding diaryl/α,β-unsaturated/α-hetero) is 1. The minimum Gasteiger partial charge on any atom is -0.361 e. The molecule has 3 aliphatic rings. The van der Waals surface area contributed by atoms with Crippen molar-refractivity contribution in [2.24, 2.45) is 5.41 Å². The van der Waals surface area contributed by atoms with Crippen LogP contribution in [0.5, 0.6) is 0 Å². The summed E-state index contributed by atoms with van der Waals surface area (Å²) in [4.78, 5) is 14.5. The summed E-state index contributed by atoms with van der Waals surface area (Å²) in [5.74, 6) is 1.60. The average Bonchev–Trinajstić information content (AvgIpc) is 3.10. The van der Waals surface area contributed by atoms with Gasteiger partial charge in [-0.2, -0.15) is 0 Å². The first kappa shape index (κ1) is 15.0. The van der Waals surface area contributed by atoms with E-state index in [9.17, 15) is 4.79 Å². The van der Waals surface area contributed by atoms with Gasteiger partial charge in [-0.05, 0) is 52.2 Å². The average molecular weight is 396 g/mol. The van der Waals surface area contributed by atoms with E-state index in [1.807, 2.05) is 11.8 Å². The summed E-state index contributed by atoms with van der Waals surface area (Å²) in [7, 11) is 0. The zero-order valence-electron chi connectivity index (χ0n) is 12.7. The Kier molecular flexibility index (Phi) is 3.59. The third-order valence-electron chi connectivity index (χ3n) is 4.87. The summed E-state index contributed by atoms with van der Waals surface area (Å²) < 4.78 is 1.14. The molecule has 0 saturated heterocycles. The van der Waals surface area contributed by atoms with E-state index < -0.39 is 0 Å². The van der Waals surface area contributed by atoms with Crippen LogP contribution in [0.3, 0.4) is 0 Å². The largest absolute Gasteiger partial charge is 0.361 e. The van der Waals surface area contributed by atoms with Gasteiger partial charge >= 0.3 is 0 Å². The van der Waals surface area contributed by atoms with Gasteiger partial charge in [0.2, 0.25) is 0 Å². The quantitative estimate of drug-likeness (QED) is 0.709. The number of thioether (sulfide) groups is 1. The van der Waals surface area contributed by atoms with Gasteiger partial charge in [0.15, 0.2) is 5.78 Å². The molecule has 1 aromatic rings. The Bertz CT molecular complexity index is 729. The summed E-state index contributed by atoms with van der Waals surface area (Å²) in [6, 6.07) is 2.18. The Morgan fingerprint density at radius 3 is 2.86 bits per heavy atom. The molecule has 0 radical (unpaired) electrons. The molecule has 2 aliphatic heterocycles. The van der Waals surface area contributed by atoms with E-state index in [2.05, 4.69) is 46.5 Å². The Balaban J connectivity index is 1.87. The van der Waals surface area contributed by atoms with Crippen LogP contribution in [0.15, 0.2) is 37.1 Å². The molecule has 0 aromatic carbocycles. The zero-order valence-corrected chi connectivity index (χ0v) is 15.9. The molecule has 3 heterocycles. The molecule has 2 nitrogen and oxygen atoms in total. The highest BCUT2D eigenvalue weighted by molar-refractivity contribution is 9.11. The molecular formula is C17H18BrNOS2. The lowest BCUT2D eigenvalue weighted by atomic mass is 9.69. The van der Waals surface area contributed by atoms with Crippen LogP contribution in [0.1, 0.15) is 44.6 Å². The normalized spacial score (nSPS) is 26.9. The van der Waals surface area contributed by atoms with Crippen molar-refractivity contribution in [1.29, 1.82) is 0 Å². The number of allylic oxidation sites excluding steroid dienone is 4.